The van der Waals surface area contributed by atoms with E-state index in [-0.39, 0.29) is 0 Å². The zero-order valence-electron chi connectivity index (χ0n) is 18.7. The predicted octanol–water partition coefficient (Wildman–Crippen LogP) is 5.96. The van der Waals surface area contributed by atoms with Crippen molar-refractivity contribution in [2.75, 3.05) is 0 Å². The number of aryl methyl sites for hydroxylation is 4. The fourth-order valence-electron chi connectivity index (χ4n) is 4.01. The molecular formula is C25H21N5O2S. The van der Waals surface area contributed by atoms with Gasteiger partial charge in [0.15, 0.2) is 11.4 Å². The van der Waals surface area contributed by atoms with Gasteiger partial charge in [-0.05, 0) is 74.7 Å². The SMILES string of the molecule is Cc1cc(C)c2c(n1)sc1c2ncn2nc(-c3ccc(COc4ccc(C)c(C)c4)o3)nc12. The first-order valence-corrected chi connectivity index (χ1v) is 11.5. The standard InChI is InChI=1S/C25H21N5O2S/c1-13-5-6-17(10-14(13)2)31-11-18-7-8-19(32-18)23-28-24-22-21(26-12-30(24)29-23)20-15(3)9-16(4)27-25(20)33-22/h5-10,12H,11H2,1-4H3. The molecule has 0 aliphatic rings. The first kappa shape index (κ1) is 19.9. The van der Waals surface area contributed by atoms with E-state index >= 15 is 0 Å². The van der Waals surface area contributed by atoms with Crippen molar-refractivity contribution >= 4 is 37.4 Å². The molecule has 33 heavy (non-hydrogen) atoms. The maximum atomic E-state index is 5.99. The maximum Gasteiger partial charge on any atom is 0.218 e. The van der Waals surface area contributed by atoms with Crippen LogP contribution in [0.3, 0.4) is 0 Å². The van der Waals surface area contributed by atoms with Crippen LogP contribution in [0.4, 0.5) is 0 Å². The molecule has 0 amide bonds. The normalized spacial score (nSPS) is 11.8. The topological polar surface area (TPSA) is 78.3 Å². The summed E-state index contributed by atoms with van der Waals surface area (Å²) in [6.07, 6.45) is 1.70. The quantitative estimate of drug-likeness (QED) is 0.326. The average molecular weight is 456 g/mol. The van der Waals surface area contributed by atoms with E-state index in [4.69, 9.17) is 19.1 Å². The lowest BCUT2D eigenvalue weighted by atomic mass is 10.1. The van der Waals surface area contributed by atoms with E-state index in [1.807, 2.05) is 31.2 Å². The predicted molar refractivity (Wildman–Crippen MR) is 129 cm³/mol. The van der Waals surface area contributed by atoms with Crippen molar-refractivity contribution in [2.45, 2.75) is 34.3 Å². The first-order chi connectivity index (χ1) is 16.0. The Balaban J connectivity index is 1.34. The smallest absolute Gasteiger partial charge is 0.218 e. The minimum absolute atomic E-state index is 0.336. The van der Waals surface area contributed by atoms with Crippen LogP contribution < -0.4 is 4.74 Å². The van der Waals surface area contributed by atoms with Gasteiger partial charge in [0.05, 0.1) is 5.52 Å². The molecule has 0 aliphatic carbocycles. The van der Waals surface area contributed by atoms with Crippen LogP contribution in [0.25, 0.3) is 37.7 Å². The van der Waals surface area contributed by atoms with Crippen molar-refractivity contribution in [1.82, 2.24) is 24.6 Å². The third-order valence-electron chi connectivity index (χ3n) is 5.83. The Morgan fingerprint density at radius 1 is 0.970 bits per heavy atom. The van der Waals surface area contributed by atoms with Crippen LogP contribution in [0.1, 0.15) is 28.1 Å². The van der Waals surface area contributed by atoms with Crippen molar-refractivity contribution in [3.05, 3.63) is 70.9 Å². The second-order valence-corrected chi connectivity index (χ2v) is 9.29. The van der Waals surface area contributed by atoms with Crippen molar-refractivity contribution in [3.63, 3.8) is 0 Å². The third-order valence-corrected chi connectivity index (χ3v) is 6.90. The van der Waals surface area contributed by atoms with Crippen LogP contribution in [0, 0.1) is 27.7 Å². The molecule has 0 saturated heterocycles. The van der Waals surface area contributed by atoms with Crippen LogP contribution >= 0.6 is 11.3 Å². The van der Waals surface area contributed by atoms with Crippen molar-refractivity contribution < 1.29 is 9.15 Å². The summed E-state index contributed by atoms with van der Waals surface area (Å²) in [6, 6.07) is 11.9. The summed E-state index contributed by atoms with van der Waals surface area (Å²) in [5.41, 5.74) is 6.26. The monoisotopic (exact) mass is 455 g/mol. The number of nitrogens with zero attached hydrogens (tertiary/aromatic N) is 5. The molecule has 1 aromatic carbocycles. The first-order valence-electron chi connectivity index (χ1n) is 10.7. The number of benzene rings is 1. The minimum Gasteiger partial charge on any atom is -0.486 e. The van der Waals surface area contributed by atoms with Crippen LogP contribution in [0.15, 0.2) is 47.1 Å². The number of rotatable bonds is 4. The summed E-state index contributed by atoms with van der Waals surface area (Å²) < 4.78 is 14.5. The van der Waals surface area contributed by atoms with E-state index in [1.165, 1.54) is 16.7 Å². The van der Waals surface area contributed by atoms with Crippen molar-refractivity contribution in [2.24, 2.45) is 0 Å². The number of thiophene rings is 1. The van der Waals surface area contributed by atoms with E-state index in [9.17, 15) is 0 Å². The number of hydrogen-bond acceptors (Lipinski definition) is 7. The highest BCUT2D eigenvalue weighted by atomic mass is 32.1. The number of furan rings is 1. The molecule has 8 heteroatoms. The van der Waals surface area contributed by atoms with Gasteiger partial charge in [0.25, 0.3) is 0 Å². The van der Waals surface area contributed by atoms with E-state index < -0.39 is 0 Å². The molecule has 0 saturated carbocycles. The van der Waals surface area contributed by atoms with Gasteiger partial charge in [0.2, 0.25) is 5.82 Å². The lowest BCUT2D eigenvalue weighted by Crippen LogP contribution is -1.94. The third kappa shape index (κ3) is 3.34. The number of fused-ring (bicyclic) bond motifs is 5. The molecule has 0 aliphatic heterocycles. The highest BCUT2D eigenvalue weighted by molar-refractivity contribution is 7.26. The molecule has 0 radical (unpaired) electrons. The summed E-state index contributed by atoms with van der Waals surface area (Å²) in [6.45, 7) is 8.59. The van der Waals surface area contributed by atoms with Crippen LogP contribution in [-0.2, 0) is 6.61 Å². The van der Waals surface area contributed by atoms with Gasteiger partial charge in [0.1, 0.15) is 34.0 Å². The highest BCUT2D eigenvalue weighted by Crippen LogP contribution is 2.36. The molecule has 0 N–H and O–H groups in total. The fraction of sp³-hybridized carbons (Fsp3) is 0.200. The lowest BCUT2D eigenvalue weighted by Gasteiger charge is -2.06. The molecule has 164 valence electrons. The Morgan fingerprint density at radius 2 is 1.85 bits per heavy atom. The van der Waals surface area contributed by atoms with Crippen molar-refractivity contribution in [1.29, 1.82) is 0 Å². The molecule has 5 heterocycles. The Hall–Kier alpha value is -3.78. The molecule has 0 spiro atoms. The van der Waals surface area contributed by atoms with Crippen LogP contribution in [-0.4, -0.2) is 24.6 Å². The second kappa shape index (κ2) is 7.38. The number of aromatic nitrogens is 5. The molecule has 7 nitrogen and oxygen atoms in total. The van der Waals surface area contributed by atoms with Gasteiger partial charge in [-0.1, -0.05) is 6.07 Å². The van der Waals surface area contributed by atoms with Gasteiger partial charge in [-0.15, -0.1) is 16.4 Å². The van der Waals surface area contributed by atoms with E-state index in [0.29, 0.717) is 24.0 Å². The number of hydrogen-bond donors (Lipinski definition) is 0. The molecule has 5 aromatic heterocycles. The minimum atomic E-state index is 0.336. The fourth-order valence-corrected chi connectivity index (χ4v) is 5.23. The molecule has 6 aromatic rings. The highest BCUT2D eigenvalue weighted by Gasteiger charge is 2.18. The Morgan fingerprint density at radius 3 is 2.70 bits per heavy atom. The van der Waals surface area contributed by atoms with Crippen LogP contribution in [0.5, 0.6) is 5.75 Å². The molecule has 0 fully saturated rings. The Labute approximate surface area is 193 Å². The molecule has 6 rings (SSSR count). The average Bonchev–Trinajstić information content (AvgIpc) is 3.49. The molecule has 0 bridgehead atoms. The van der Waals surface area contributed by atoms with Gasteiger partial charge >= 0.3 is 0 Å². The summed E-state index contributed by atoms with van der Waals surface area (Å²) >= 11 is 1.59. The lowest BCUT2D eigenvalue weighted by molar-refractivity contribution is 0.271. The summed E-state index contributed by atoms with van der Waals surface area (Å²) in [5.74, 6) is 2.64. The zero-order chi connectivity index (χ0) is 22.7. The Bertz CT molecular complexity index is 1680. The van der Waals surface area contributed by atoms with E-state index in [2.05, 4.69) is 43.0 Å². The van der Waals surface area contributed by atoms with Gasteiger partial charge in [-0.3, -0.25) is 0 Å². The van der Waals surface area contributed by atoms with Gasteiger partial charge < -0.3 is 9.15 Å². The summed E-state index contributed by atoms with van der Waals surface area (Å²) in [5, 5.41) is 5.67. The van der Waals surface area contributed by atoms with E-state index in [0.717, 1.165) is 37.5 Å². The van der Waals surface area contributed by atoms with Gasteiger partial charge in [-0.2, -0.15) is 0 Å². The molecule has 0 unspecified atom stereocenters. The molecule has 0 atom stereocenters. The summed E-state index contributed by atoms with van der Waals surface area (Å²) in [7, 11) is 0. The van der Waals surface area contributed by atoms with Crippen molar-refractivity contribution in [3.8, 4) is 17.3 Å². The largest absolute Gasteiger partial charge is 0.486 e. The summed E-state index contributed by atoms with van der Waals surface area (Å²) in [4.78, 5) is 15.1. The second-order valence-electron chi connectivity index (χ2n) is 8.29. The van der Waals surface area contributed by atoms with Gasteiger partial charge in [-0.25, -0.2) is 19.5 Å². The van der Waals surface area contributed by atoms with E-state index in [1.54, 1.807) is 22.2 Å². The number of ether oxygens (including phenoxy) is 1. The number of pyridine rings is 1. The Kier molecular flexibility index (Phi) is 4.45. The van der Waals surface area contributed by atoms with Crippen LogP contribution in [0.2, 0.25) is 0 Å². The van der Waals surface area contributed by atoms with Gasteiger partial charge in [0, 0.05) is 11.1 Å². The maximum absolute atomic E-state index is 5.99. The molecular weight excluding hydrogens is 434 g/mol. The zero-order valence-corrected chi connectivity index (χ0v) is 19.5.